The van der Waals surface area contributed by atoms with Gasteiger partial charge in [0, 0.05) is 5.69 Å². The van der Waals surface area contributed by atoms with Crippen LogP contribution in [-0.4, -0.2) is 11.2 Å². The van der Waals surface area contributed by atoms with Crippen molar-refractivity contribution in [2.45, 2.75) is 27.2 Å². The van der Waals surface area contributed by atoms with Crippen LogP contribution in [0, 0.1) is 13.8 Å². The SMILES string of the molecule is CCc1noc(C)c1NC(=O)Nc1ccccc1C. The van der Waals surface area contributed by atoms with Crippen molar-refractivity contribution < 1.29 is 9.32 Å². The Bertz CT molecular complexity index is 590. The standard InChI is InChI=1S/C14H17N3O2/c1-4-11-13(10(3)19-17-11)16-14(18)15-12-8-6-5-7-9(12)2/h5-8H,4H2,1-3H3,(H2,15,16,18). The third-order valence-electron chi connectivity index (χ3n) is 2.90. The van der Waals surface area contributed by atoms with Gasteiger partial charge < -0.3 is 15.2 Å². The highest BCUT2D eigenvalue weighted by atomic mass is 16.5. The number of urea groups is 1. The lowest BCUT2D eigenvalue weighted by Gasteiger charge is -2.09. The number of hydrogen-bond donors (Lipinski definition) is 2. The molecule has 0 radical (unpaired) electrons. The number of hydrogen-bond acceptors (Lipinski definition) is 3. The molecule has 0 fully saturated rings. The van der Waals surface area contributed by atoms with Gasteiger partial charge in [0.15, 0.2) is 5.76 Å². The summed E-state index contributed by atoms with van der Waals surface area (Å²) in [4.78, 5) is 12.0. The highest BCUT2D eigenvalue weighted by molar-refractivity contribution is 6.00. The Balaban J connectivity index is 2.10. The van der Waals surface area contributed by atoms with E-state index >= 15 is 0 Å². The number of carbonyl (C=O) groups is 1. The monoisotopic (exact) mass is 259 g/mol. The van der Waals surface area contributed by atoms with Gasteiger partial charge in [0.05, 0.1) is 0 Å². The number of aromatic nitrogens is 1. The molecule has 2 rings (SSSR count). The molecule has 2 amide bonds. The molecule has 19 heavy (non-hydrogen) atoms. The predicted octanol–water partition coefficient (Wildman–Crippen LogP) is 3.50. The van der Waals surface area contributed by atoms with Crippen LogP contribution in [0.2, 0.25) is 0 Å². The molecule has 0 saturated carbocycles. The maximum absolute atomic E-state index is 12.0. The van der Waals surface area contributed by atoms with Crippen LogP contribution in [0.5, 0.6) is 0 Å². The number of para-hydroxylation sites is 1. The van der Waals surface area contributed by atoms with Crippen LogP contribution >= 0.6 is 0 Å². The van der Waals surface area contributed by atoms with Gasteiger partial charge in [-0.1, -0.05) is 30.3 Å². The van der Waals surface area contributed by atoms with E-state index in [4.69, 9.17) is 4.52 Å². The summed E-state index contributed by atoms with van der Waals surface area (Å²) in [7, 11) is 0. The number of nitrogens with one attached hydrogen (secondary N) is 2. The van der Waals surface area contributed by atoms with E-state index in [1.807, 2.05) is 38.1 Å². The minimum Gasteiger partial charge on any atom is -0.359 e. The molecule has 2 aromatic rings. The molecule has 1 aromatic carbocycles. The topological polar surface area (TPSA) is 67.2 Å². The summed E-state index contributed by atoms with van der Waals surface area (Å²) in [6.45, 7) is 5.68. The largest absolute Gasteiger partial charge is 0.359 e. The molecule has 5 nitrogen and oxygen atoms in total. The number of benzene rings is 1. The Morgan fingerprint density at radius 1 is 1.26 bits per heavy atom. The molecule has 5 heteroatoms. The zero-order valence-corrected chi connectivity index (χ0v) is 11.3. The number of nitrogens with zero attached hydrogens (tertiary/aromatic N) is 1. The van der Waals surface area contributed by atoms with Gasteiger partial charge in [-0.15, -0.1) is 0 Å². The lowest BCUT2D eigenvalue weighted by molar-refractivity contribution is 0.262. The molecule has 0 bridgehead atoms. The van der Waals surface area contributed by atoms with Crippen LogP contribution in [0.15, 0.2) is 28.8 Å². The normalized spacial score (nSPS) is 10.3. The maximum Gasteiger partial charge on any atom is 0.323 e. The molecule has 0 spiro atoms. The van der Waals surface area contributed by atoms with Crippen molar-refractivity contribution in [3.63, 3.8) is 0 Å². The lowest BCUT2D eigenvalue weighted by atomic mass is 10.2. The van der Waals surface area contributed by atoms with Crippen LogP contribution < -0.4 is 10.6 Å². The third-order valence-corrected chi connectivity index (χ3v) is 2.90. The fourth-order valence-electron chi connectivity index (χ4n) is 1.80. The highest BCUT2D eigenvalue weighted by Crippen LogP contribution is 2.21. The van der Waals surface area contributed by atoms with Crippen molar-refractivity contribution in [1.82, 2.24) is 5.16 Å². The molecule has 1 aromatic heterocycles. The van der Waals surface area contributed by atoms with Crippen LogP contribution in [-0.2, 0) is 6.42 Å². The van der Waals surface area contributed by atoms with Crippen molar-refractivity contribution in [2.24, 2.45) is 0 Å². The Kier molecular flexibility index (Phi) is 3.85. The summed E-state index contributed by atoms with van der Waals surface area (Å²) in [5.74, 6) is 0.608. The zero-order chi connectivity index (χ0) is 13.8. The smallest absolute Gasteiger partial charge is 0.323 e. The molecule has 0 saturated heterocycles. The molecular weight excluding hydrogens is 242 g/mol. The van der Waals surface area contributed by atoms with Crippen molar-refractivity contribution in [3.05, 3.63) is 41.3 Å². The van der Waals surface area contributed by atoms with E-state index in [1.54, 1.807) is 6.92 Å². The maximum atomic E-state index is 12.0. The number of rotatable bonds is 3. The summed E-state index contributed by atoms with van der Waals surface area (Å²) >= 11 is 0. The van der Waals surface area contributed by atoms with Gasteiger partial charge in [0.2, 0.25) is 0 Å². The fourth-order valence-corrected chi connectivity index (χ4v) is 1.80. The average Bonchev–Trinajstić information content (AvgIpc) is 2.73. The van der Waals surface area contributed by atoms with E-state index in [0.29, 0.717) is 17.9 Å². The molecule has 0 aliphatic rings. The fraction of sp³-hybridized carbons (Fsp3) is 0.286. The summed E-state index contributed by atoms with van der Waals surface area (Å²) in [5, 5.41) is 9.48. The summed E-state index contributed by atoms with van der Waals surface area (Å²) in [6, 6.07) is 7.31. The first-order valence-electron chi connectivity index (χ1n) is 6.20. The van der Waals surface area contributed by atoms with Crippen molar-refractivity contribution >= 4 is 17.4 Å². The van der Waals surface area contributed by atoms with Crippen LogP contribution in [0.25, 0.3) is 0 Å². The first kappa shape index (κ1) is 13.1. The van der Waals surface area contributed by atoms with E-state index < -0.39 is 0 Å². The van der Waals surface area contributed by atoms with Gasteiger partial charge in [-0.2, -0.15) is 0 Å². The molecule has 0 aliphatic carbocycles. The van der Waals surface area contributed by atoms with Gasteiger partial charge in [0.1, 0.15) is 11.4 Å². The second-order valence-corrected chi connectivity index (χ2v) is 4.31. The Hall–Kier alpha value is -2.30. The Morgan fingerprint density at radius 3 is 2.68 bits per heavy atom. The first-order chi connectivity index (χ1) is 9.11. The second kappa shape index (κ2) is 5.56. The van der Waals surface area contributed by atoms with Gasteiger partial charge in [-0.25, -0.2) is 4.79 Å². The second-order valence-electron chi connectivity index (χ2n) is 4.31. The summed E-state index contributed by atoms with van der Waals surface area (Å²) in [6.07, 6.45) is 0.706. The quantitative estimate of drug-likeness (QED) is 0.886. The van der Waals surface area contributed by atoms with Crippen molar-refractivity contribution in [3.8, 4) is 0 Å². The summed E-state index contributed by atoms with van der Waals surface area (Å²) < 4.78 is 5.07. The van der Waals surface area contributed by atoms with Crippen LogP contribution in [0.4, 0.5) is 16.2 Å². The van der Waals surface area contributed by atoms with E-state index in [9.17, 15) is 4.79 Å². The number of aryl methyl sites for hydroxylation is 3. The third kappa shape index (κ3) is 2.93. The van der Waals surface area contributed by atoms with E-state index in [2.05, 4.69) is 15.8 Å². The molecule has 100 valence electrons. The van der Waals surface area contributed by atoms with Crippen molar-refractivity contribution in [2.75, 3.05) is 10.6 Å². The number of anilines is 2. The molecule has 0 atom stereocenters. The van der Waals surface area contributed by atoms with E-state index in [0.717, 1.165) is 16.9 Å². The van der Waals surface area contributed by atoms with Gasteiger partial charge in [-0.05, 0) is 31.9 Å². The number of amides is 2. The minimum absolute atomic E-state index is 0.296. The first-order valence-corrected chi connectivity index (χ1v) is 6.20. The van der Waals surface area contributed by atoms with Crippen molar-refractivity contribution in [1.29, 1.82) is 0 Å². The van der Waals surface area contributed by atoms with E-state index in [1.165, 1.54) is 0 Å². The molecule has 1 heterocycles. The highest BCUT2D eigenvalue weighted by Gasteiger charge is 2.14. The Morgan fingerprint density at radius 2 is 2.00 bits per heavy atom. The predicted molar refractivity (Wildman–Crippen MR) is 74.4 cm³/mol. The zero-order valence-electron chi connectivity index (χ0n) is 11.3. The minimum atomic E-state index is -0.296. The van der Waals surface area contributed by atoms with Gasteiger partial charge in [-0.3, -0.25) is 0 Å². The summed E-state index contributed by atoms with van der Waals surface area (Å²) in [5.41, 5.74) is 3.19. The molecule has 2 N–H and O–H groups in total. The molecule has 0 aliphatic heterocycles. The van der Waals surface area contributed by atoms with Crippen LogP contribution in [0.1, 0.15) is 23.9 Å². The molecular formula is C14H17N3O2. The van der Waals surface area contributed by atoms with Crippen LogP contribution in [0.3, 0.4) is 0 Å². The number of carbonyl (C=O) groups excluding carboxylic acids is 1. The van der Waals surface area contributed by atoms with Gasteiger partial charge in [0.25, 0.3) is 0 Å². The average molecular weight is 259 g/mol. The Labute approximate surface area is 112 Å². The van der Waals surface area contributed by atoms with E-state index in [-0.39, 0.29) is 6.03 Å². The van der Waals surface area contributed by atoms with Gasteiger partial charge >= 0.3 is 6.03 Å². The molecule has 0 unspecified atom stereocenters. The lowest BCUT2D eigenvalue weighted by Crippen LogP contribution is -2.20.